The van der Waals surface area contributed by atoms with Crippen molar-refractivity contribution in [2.75, 3.05) is 5.32 Å². The molecular formula is C24H19N3O2. The summed E-state index contributed by atoms with van der Waals surface area (Å²) in [7, 11) is 0. The number of nitrogens with zero attached hydrogens (tertiary/aromatic N) is 1. The molecule has 5 nitrogen and oxygen atoms in total. The molecule has 3 aromatic carbocycles. The standard InChI is InChI=1S/C24H19N3O2/c1-15-25-21(16-9-3-2-4-10-16)23(29-15)27-24(28)26-22-19-13-7-5-11-17(19)18-12-6-8-14-20(18)22/h2-14,22H,1H3,(H2,26,27,28). The number of anilines is 1. The number of hydrogen-bond donors (Lipinski definition) is 2. The summed E-state index contributed by atoms with van der Waals surface area (Å²) in [6.07, 6.45) is 0. The van der Waals surface area contributed by atoms with E-state index in [9.17, 15) is 4.79 Å². The number of rotatable bonds is 3. The first kappa shape index (κ1) is 17.3. The Morgan fingerprint density at radius 1 is 0.862 bits per heavy atom. The van der Waals surface area contributed by atoms with Gasteiger partial charge in [-0.05, 0) is 22.3 Å². The lowest BCUT2D eigenvalue weighted by Gasteiger charge is -2.16. The van der Waals surface area contributed by atoms with Crippen molar-refractivity contribution in [2.24, 2.45) is 0 Å². The Kier molecular flexibility index (Phi) is 4.13. The van der Waals surface area contributed by atoms with Gasteiger partial charge in [0, 0.05) is 12.5 Å². The Hall–Kier alpha value is -3.86. The second kappa shape index (κ2) is 6.95. The summed E-state index contributed by atoms with van der Waals surface area (Å²) < 4.78 is 5.66. The second-order valence-electron chi connectivity index (χ2n) is 6.98. The van der Waals surface area contributed by atoms with Gasteiger partial charge in [-0.25, -0.2) is 9.78 Å². The smallest absolute Gasteiger partial charge is 0.322 e. The van der Waals surface area contributed by atoms with Gasteiger partial charge in [-0.3, -0.25) is 5.32 Å². The van der Waals surface area contributed by atoms with Gasteiger partial charge < -0.3 is 9.73 Å². The van der Waals surface area contributed by atoms with Crippen LogP contribution in [0, 0.1) is 6.92 Å². The van der Waals surface area contributed by atoms with Crippen molar-refractivity contribution in [1.82, 2.24) is 10.3 Å². The minimum atomic E-state index is -0.338. The lowest BCUT2D eigenvalue weighted by Crippen LogP contribution is -2.32. The Morgan fingerprint density at radius 3 is 2.10 bits per heavy atom. The first-order chi connectivity index (χ1) is 14.2. The Bertz CT molecular complexity index is 1150. The van der Waals surface area contributed by atoms with Gasteiger partial charge in [0.2, 0.25) is 5.88 Å². The Labute approximate surface area is 168 Å². The van der Waals surface area contributed by atoms with Gasteiger partial charge in [0.1, 0.15) is 5.69 Å². The molecule has 142 valence electrons. The number of carbonyl (C=O) groups is 1. The number of nitrogens with one attached hydrogen (secondary N) is 2. The monoisotopic (exact) mass is 381 g/mol. The minimum Gasteiger partial charge on any atom is -0.424 e. The average molecular weight is 381 g/mol. The highest BCUT2D eigenvalue weighted by atomic mass is 16.4. The maximum absolute atomic E-state index is 12.9. The van der Waals surface area contributed by atoms with E-state index >= 15 is 0 Å². The van der Waals surface area contributed by atoms with Gasteiger partial charge in [0.15, 0.2) is 5.89 Å². The number of benzene rings is 3. The molecule has 0 fully saturated rings. The zero-order valence-corrected chi connectivity index (χ0v) is 15.8. The molecule has 0 bridgehead atoms. The van der Waals surface area contributed by atoms with Crippen LogP contribution >= 0.6 is 0 Å². The third kappa shape index (κ3) is 3.06. The molecule has 1 heterocycles. The molecule has 0 spiro atoms. The van der Waals surface area contributed by atoms with E-state index < -0.39 is 0 Å². The molecule has 0 radical (unpaired) electrons. The van der Waals surface area contributed by atoms with Crippen LogP contribution in [0.1, 0.15) is 23.1 Å². The largest absolute Gasteiger partial charge is 0.424 e. The van der Waals surface area contributed by atoms with Gasteiger partial charge >= 0.3 is 6.03 Å². The topological polar surface area (TPSA) is 67.2 Å². The van der Waals surface area contributed by atoms with Crippen molar-refractivity contribution in [3.63, 3.8) is 0 Å². The highest BCUT2D eigenvalue weighted by Crippen LogP contribution is 2.43. The summed E-state index contributed by atoms with van der Waals surface area (Å²) in [4.78, 5) is 17.3. The normalized spacial score (nSPS) is 12.3. The van der Waals surface area contributed by atoms with Crippen LogP contribution in [0.3, 0.4) is 0 Å². The predicted octanol–water partition coefficient (Wildman–Crippen LogP) is 5.54. The van der Waals surface area contributed by atoms with E-state index in [1.54, 1.807) is 6.92 Å². The summed E-state index contributed by atoms with van der Waals surface area (Å²) in [5.41, 5.74) is 5.96. The molecule has 1 aliphatic carbocycles. The van der Waals surface area contributed by atoms with E-state index in [-0.39, 0.29) is 12.1 Å². The van der Waals surface area contributed by atoms with Gasteiger partial charge in [-0.1, -0.05) is 78.9 Å². The number of hydrogen-bond acceptors (Lipinski definition) is 3. The van der Waals surface area contributed by atoms with Crippen LogP contribution in [0.15, 0.2) is 83.3 Å². The quantitative estimate of drug-likeness (QED) is 0.489. The first-order valence-corrected chi connectivity index (χ1v) is 9.49. The summed E-state index contributed by atoms with van der Waals surface area (Å²) >= 11 is 0. The molecule has 4 aromatic rings. The minimum absolute atomic E-state index is 0.216. The van der Waals surface area contributed by atoms with Crippen LogP contribution in [0.25, 0.3) is 22.4 Å². The number of oxazole rings is 1. The molecule has 5 heteroatoms. The van der Waals surface area contributed by atoms with Gasteiger partial charge in [0.25, 0.3) is 0 Å². The van der Waals surface area contributed by atoms with E-state index in [4.69, 9.17) is 4.42 Å². The molecule has 0 saturated carbocycles. The number of aromatic nitrogens is 1. The second-order valence-corrected chi connectivity index (χ2v) is 6.98. The summed E-state index contributed by atoms with van der Waals surface area (Å²) in [5.74, 6) is 0.835. The molecule has 5 rings (SSSR count). The molecule has 0 saturated heterocycles. The first-order valence-electron chi connectivity index (χ1n) is 9.49. The molecule has 29 heavy (non-hydrogen) atoms. The van der Waals surface area contributed by atoms with Crippen molar-refractivity contribution >= 4 is 11.9 Å². The van der Waals surface area contributed by atoms with Crippen LogP contribution in [0.4, 0.5) is 10.7 Å². The van der Waals surface area contributed by atoms with Crippen molar-refractivity contribution in [2.45, 2.75) is 13.0 Å². The fourth-order valence-electron chi connectivity index (χ4n) is 3.88. The fraction of sp³-hybridized carbons (Fsp3) is 0.0833. The van der Waals surface area contributed by atoms with Crippen LogP contribution in [0.2, 0.25) is 0 Å². The number of carbonyl (C=O) groups excluding carboxylic acids is 1. The van der Waals surface area contributed by atoms with Crippen LogP contribution in [0.5, 0.6) is 0 Å². The third-order valence-corrected chi connectivity index (χ3v) is 5.12. The number of aryl methyl sites for hydroxylation is 1. The zero-order chi connectivity index (χ0) is 19.8. The summed E-state index contributed by atoms with van der Waals surface area (Å²) in [5, 5.41) is 5.93. The Morgan fingerprint density at radius 2 is 1.45 bits per heavy atom. The highest BCUT2D eigenvalue weighted by molar-refractivity contribution is 5.93. The maximum Gasteiger partial charge on any atom is 0.322 e. The third-order valence-electron chi connectivity index (χ3n) is 5.12. The number of amides is 2. The molecule has 2 N–H and O–H groups in total. The molecular weight excluding hydrogens is 362 g/mol. The van der Waals surface area contributed by atoms with E-state index in [1.807, 2.05) is 66.7 Å². The fourth-order valence-corrected chi connectivity index (χ4v) is 3.88. The summed E-state index contributed by atoms with van der Waals surface area (Å²) in [6, 6.07) is 25.4. The lowest BCUT2D eigenvalue weighted by atomic mass is 10.1. The SMILES string of the molecule is Cc1nc(-c2ccccc2)c(NC(=O)NC2c3ccccc3-c3ccccc32)o1. The van der Waals surface area contributed by atoms with Gasteiger partial charge in [-0.2, -0.15) is 0 Å². The molecule has 0 atom stereocenters. The molecule has 0 aliphatic heterocycles. The lowest BCUT2D eigenvalue weighted by molar-refractivity contribution is 0.249. The zero-order valence-electron chi connectivity index (χ0n) is 15.8. The van der Waals surface area contributed by atoms with Crippen molar-refractivity contribution < 1.29 is 9.21 Å². The molecule has 1 aliphatic rings. The summed E-state index contributed by atoms with van der Waals surface area (Å²) in [6.45, 7) is 1.76. The van der Waals surface area contributed by atoms with Crippen molar-refractivity contribution in [1.29, 1.82) is 0 Å². The van der Waals surface area contributed by atoms with E-state index in [1.165, 1.54) is 0 Å². The molecule has 1 aromatic heterocycles. The molecule has 0 unspecified atom stereocenters. The van der Waals surface area contributed by atoms with E-state index in [0.717, 1.165) is 27.8 Å². The van der Waals surface area contributed by atoms with Gasteiger partial charge in [-0.15, -0.1) is 0 Å². The predicted molar refractivity (Wildman–Crippen MR) is 113 cm³/mol. The maximum atomic E-state index is 12.9. The van der Waals surface area contributed by atoms with E-state index in [2.05, 4.69) is 27.8 Å². The highest BCUT2D eigenvalue weighted by Gasteiger charge is 2.29. The van der Waals surface area contributed by atoms with Crippen molar-refractivity contribution in [3.8, 4) is 22.4 Å². The van der Waals surface area contributed by atoms with Crippen LogP contribution in [-0.2, 0) is 0 Å². The number of urea groups is 1. The van der Waals surface area contributed by atoms with Crippen LogP contribution < -0.4 is 10.6 Å². The average Bonchev–Trinajstić information content (AvgIpc) is 3.27. The van der Waals surface area contributed by atoms with E-state index in [0.29, 0.717) is 17.5 Å². The Balaban J connectivity index is 1.43. The van der Waals surface area contributed by atoms with Gasteiger partial charge in [0.05, 0.1) is 6.04 Å². The van der Waals surface area contributed by atoms with Crippen molar-refractivity contribution in [3.05, 3.63) is 95.9 Å². The molecule has 2 amide bonds. The number of fused-ring (bicyclic) bond motifs is 3. The van der Waals surface area contributed by atoms with Crippen LogP contribution in [-0.4, -0.2) is 11.0 Å².